The normalized spacial score (nSPS) is 18.9. The standard InChI is InChI=1S/C15H19N3O6S/c1-10-4-6-12(7-5-10)25(21,22)17-16-11-8-13(14(19)23-2)18(9-11)15(20)24-3/h4-7,13,17H,8-9H2,1-3H3/b16-11-. The lowest BCUT2D eigenvalue weighted by atomic mass is 10.2. The highest BCUT2D eigenvalue weighted by molar-refractivity contribution is 7.89. The highest BCUT2D eigenvalue weighted by Crippen LogP contribution is 2.18. The SMILES string of the molecule is COC(=O)C1C/C(=N/NS(=O)(=O)c2ccc(C)cc2)CN1C(=O)OC. The zero-order valence-corrected chi connectivity index (χ0v) is 14.9. The lowest BCUT2D eigenvalue weighted by molar-refractivity contribution is -0.145. The van der Waals surface area contributed by atoms with E-state index < -0.39 is 28.1 Å². The molecule has 1 heterocycles. The van der Waals surface area contributed by atoms with Gasteiger partial charge in [0.05, 0.1) is 31.4 Å². The molecule has 1 aromatic carbocycles. The van der Waals surface area contributed by atoms with Gasteiger partial charge in [-0.3, -0.25) is 4.90 Å². The van der Waals surface area contributed by atoms with Gasteiger partial charge in [-0.05, 0) is 19.1 Å². The third-order valence-corrected chi connectivity index (χ3v) is 4.92. The summed E-state index contributed by atoms with van der Waals surface area (Å²) in [5.41, 5.74) is 1.24. The van der Waals surface area contributed by atoms with Crippen molar-refractivity contribution in [3.63, 3.8) is 0 Å². The summed E-state index contributed by atoms with van der Waals surface area (Å²) in [5.74, 6) is -0.628. The van der Waals surface area contributed by atoms with E-state index in [-0.39, 0.29) is 17.9 Å². The fourth-order valence-corrected chi connectivity index (χ4v) is 3.19. The van der Waals surface area contributed by atoms with E-state index in [1.165, 1.54) is 26.4 Å². The van der Waals surface area contributed by atoms with Crippen molar-refractivity contribution in [2.24, 2.45) is 5.10 Å². The number of hydrazone groups is 1. The number of amides is 1. The Labute approximate surface area is 145 Å². The zero-order chi connectivity index (χ0) is 18.6. The zero-order valence-electron chi connectivity index (χ0n) is 14.1. The van der Waals surface area contributed by atoms with E-state index >= 15 is 0 Å². The Morgan fingerprint density at radius 3 is 2.40 bits per heavy atom. The average molecular weight is 369 g/mol. The van der Waals surface area contributed by atoms with Crippen LogP contribution in [0.15, 0.2) is 34.3 Å². The van der Waals surface area contributed by atoms with Crippen LogP contribution in [-0.2, 0) is 24.3 Å². The number of sulfonamides is 1. The third kappa shape index (κ3) is 4.27. The molecule has 1 unspecified atom stereocenters. The predicted molar refractivity (Wildman–Crippen MR) is 88.5 cm³/mol. The molecule has 1 aromatic rings. The molecule has 9 nitrogen and oxygen atoms in total. The number of carbonyl (C=O) groups is 2. The lowest BCUT2D eigenvalue weighted by Gasteiger charge is -2.19. The minimum Gasteiger partial charge on any atom is -0.467 e. The predicted octanol–water partition coefficient (Wildman–Crippen LogP) is 0.643. The molecule has 0 radical (unpaired) electrons. The molecule has 1 fully saturated rings. The van der Waals surface area contributed by atoms with Crippen LogP contribution in [0.2, 0.25) is 0 Å². The first-order valence-electron chi connectivity index (χ1n) is 7.35. The number of nitrogens with one attached hydrogen (secondary N) is 1. The minimum absolute atomic E-state index is 0.0388. The van der Waals surface area contributed by atoms with E-state index in [1.54, 1.807) is 12.1 Å². The van der Waals surface area contributed by atoms with Crippen molar-refractivity contribution in [3.8, 4) is 0 Å². The topological polar surface area (TPSA) is 114 Å². The van der Waals surface area contributed by atoms with Gasteiger partial charge in [-0.15, -0.1) is 0 Å². The lowest BCUT2D eigenvalue weighted by Crippen LogP contribution is -2.41. The second-order valence-electron chi connectivity index (χ2n) is 5.43. The van der Waals surface area contributed by atoms with Crippen molar-refractivity contribution in [3.05, 3.63) is 29.8 Å². The minimum atomic E-state index is -3.84. The third-order valence-electron chi connectivity index (χ3n) is 3.70. The van der Waals surface area contributed by atoms with Gasteiger partial charge in [0.1, 0.15) is 6.04 Å². The van der Waals surface area contributed by atoms with Crippen LogP contribution in [0, 0.1) is 6.92 Å². The molecule has 10 heteroatoms. The summed E-state index contributed by atoms with van der Waals surface area (Å²) in [6.07, 6.45) is -0.667. The van der Waals surface area contributed by atoms with Crippen LogP contribution < -0.4 is 4.83 Å². The molecular formula is C15H19N3O6S. The molecule has 136 valence electrons. The van der Waals surface area contributed by atoms with E-state index in [9.17, 15) is 18.0 Å². The molecule has 0 spiro atoms. The number of aryl methyl sites for hydroxylation is 1. The maximum Gasteiger partial charge on any atom is 0.410 e. The van der Waals surface area contributed by atoms with Crippen LogP contribution in [0.3, 0.4) is 0 Å². The number of hydrogen-bond acceptors (Lipinski definition) is 7. The van der Waals surface area contributed by atoms with Crippen molar-refractivity contribution < 1.29 is 27.5 Å². The van der Waals surface area contributed by atoms with Gasteiger partial charge in [0.2, 0.25) is 0 Å². The highest BCUT2D eigenvalue weighted by Gasteiger charge is 2.39. The molecule has 1 amide bonds. The quantitative estimate of drug-likeness (QED) is 0.615. The molecule has 2 rings (SSSR count). The van der Waals surface area contributed by atoms with Gasteiger partial charge >= 0.3 is 12.1 Å². The van der Waals surface area contributed by atoms with Gasteiger partial charge in [0, 0.05) is 6.42 Å². The van der Waals surface area contributed by atoms with Crippen LogP contribution in [-0.4, -0.2) is 57.9 Å². The smallest absolute Gasteiger partial charge is 0.410 e. The average Bonchev–Trinajstić information content (AvgIpc) is 3.03. The molecule has 1 aliphatic heterocycles. The molecule has 0 saturated carbocycles. The van der Waals surface area contributed by atoms with Crippen molar-refractivity contribution in [2.75, 3.05) is 20.8 Å². The largest absolute Gasteiger partial charge is 0.467 e. The molecule has 25 heavy (non-hydrogen) atoms. The number of benzene rings is 1. The van der Waals surface area contributed by atoms with Gasteiger partial charge in [-0.2, -0.15) is 13.5 Å². The van der Waals surface area contributed by atoms with Crippen LogP contribution in [0.5, 0.6) is 0 Å². The number of carbonyl (C=O) groups excluding carboxylic acids is 2. The van der Waals surface area contributed by atoms with E-state index in [2.05, 4.69) is 19.4 Å². The number of hydrogen-bond donors (Lipinski definition) is 1. The second-order valence-corrected chi connectivity index (χ2v) is 7.09. The number of likely N-dealkylation sites (tertiary alicyclic amines) is 1. The molecule has 1 atom stereocenters. The molecule has 1 aliphatic rings. The highest BCUT2D eigenvalue weighted by atomic mass is 32.2. The Morgan fingerprint density at radius 2 is 1.84 bits per heavy atom. The number of rotatable bonds is 4. The van der Waals surface area contributed by atoms with E-state index in [1.807, 2.05) is 6.92 Å². The van der Waals surface area contributed by atoms with Crippen LogP contribution in [0.25, 0.3) is 0 Å². The van der Waals surface area contributed by atoms with Crippen molar-refractivity contribution in [1.29, 1.82) is 0 Å². The summed E-state index contributed by atoms with van der Waals surface area (Å²) < 4.78 is 33.7. The van der Waals surface area contributed by atoms with E-state index in [0.29, 0.717) is 5.71 Å². The summed E-state index contributed by atoms with van der Waals surface area (Å²) in [6, 6.07) is 5.36. The Hall–Kier alpha value is -2.62. The first-order valence-corrected chi connectivity index (χ1v) is 8.83. The maximum absolute atomic E-state index is 12.2. The molecule has 0 bridgehead atoms. The maximum atomic E-state index is 12.2. The van der Waals surface area contributed by atoms with Gasteiger partial charge in [0.25, 0.3) is 10.0 Å². The number of nitrogens with zero attached hydrogens (tertiary/aromatic N) is 2. The summed E-state index contributed by atoms with van der Waals surface area (Å²) in [5, 5.41) is 3.85. The molecule has 0 aromatic heterocycles. The van der Waals surface area contributed by atoms with Gasteiger partial charge in [-0.1, -0.05) is 17.7 Å². The van der Waals surface area contributed by atoms with Crippen molar-refractivity contribution in [1.82, 2.24) is 9.73 Å². The number of methoxy groups -OCH3 is 2. The molecule has 1 saturated heterocycles. The van der Waals surface area contributed by atoms with Crippen LogP contribution in [0.1, 0.15) is 12.0 Å². The van der Waals surface area contributed by atoms with Gasteiger partial charge in [0.15, 0.2) is 0 Å². The summed E-state index contributed by atoms with van der Waals surface area (Å²) in [6.45, 7) is 1.81. The molecular weight excluding hydrogens is 350 g/mol. The fourth-order valence-electron chi connectivity index (χ4n) is 2.34. The van der Waals surface area contributed by atoms with E-state index in [0.717, 1.165) is 10.5 Å². The van der Waals surface area contributed by atoms with Crippen LogP contribution in [0.4, 0.5) is 4.79 Å². The first kappa shape index (κ1) is 18.7. The van der Waals surface area contributed by atoms with Gasteiger partial charge in [-0.25, -0.2) is 14.4 Å². The Morgan fingerprint density at radius 1 is 1.20 bits per heavy atom. The van der Waals surface area contributed by atoms with Crippen molar-refractivity contribution in [2.45, 2.75) is 24.3 Å². The van der Waals surface area contributed by atoms with Crippen molar-refractivity contribution >= 4 is 27.8 Å². The number of esters is 1. The van der Waals surface area contributed by atoms with Gasteiger partial charge < -0.3 is 9.47 Å². The van der Waals surface area contributed by atoms with Crippen LogP contribution >= 0.6 is 0 Å². The fraction of sp³-hybridized carbons (Fsp3) is 0.400. The monoisotopic (exact) mass is 369 g/mol. The molecule has 1 N–H and O–H groups in total. The van der Waals surface area contributed by atoms with E-state index in [4.69, 9.17) is 0 Å². The Kier molecular flexibility index (Phi) is 5.62. The Balaban J connectivity index is 2.17. The summed E-state index contributed by atoms with van der Waals surface area (Å²) >= 11 is 0. The summed E-state index contributed by atoms with van der Waals surface area (Å²) in [4.78, 5) is 26.8. The Bertz CT molecular complexity index is 762. The molecule has 0 aliphatic carbocycles. The number of ether oxygens (including phenoxy) is 2. The second kappa shape index (κ2) is 7.51. The first-order chi connectivity index (χ1) is 11.8. The summed E-state index contributed by atoms with van der Waals surface area (Å²) in [7, 11) is -1.45.